The number of hydrogen-bond acceptors (Lipinski definition) is 2. The first-order chi connectivity index (χ1) is 8.47. The lowest BCUT2D eigenvalue weighted by Gasteiger charge is -2.11. The molecule has 0 N–H and O–H groups in total. The molecule has 0 aromatic heterocycles. The standard InChI is InChI=1S/C13H13F3O2/c14-13(15,16)7-2-8-18-12-4-1-3-9-10(12)5-6-11(9)17/h1,3-4H,2,5-8H2. The molecule has 1 aliphatic carbocycles. The minimum atomic E-state index is -4.14. The summed E-state index contributed by atoms with van der Waals surface area (Å²) in [7, 11) is 0. The Morgan fingerprint density at radius 1 is 1.22 bits per heavy atom. The number of alkyl halides is 3. The molecule has 0 atom stereocenters. The van der Waals surface area contributed by atoms with Crippen molar-refractivity contribution < 1.29 is 22.7 Å². The number of halogens is 3. The topological polar surface area (TPSA) is 26.3 Å². The molecular weight excluding hydrogens is 245 g/mol. The molecule has 0 spiro atoms. The molecule has 5 heteroatoms. The minimum absolute atomic E-state index is 0.0180. The van der Waals surface area contributed by atoms with Crippen molar-refractivity contribution in [2.24, 2.45) is 0 Å². The highest BCUT2D eigenvalue weighted by molar-refractivity contribution is 6.01. The van der Waals surface area contributed by atoms with Crippen LogP contribution in [0.25, 0.3) is 0 Å². The summed E-state index contributed by atoms with van der Waals surface area (Å²) in [5.41, 5.74) is 1.47. The first-order valence-electron chi connectivity index (χ1n) is 5.82. The molecule has 2 rings (SSSR count). The van der Waals surface area contributed by atoms with Gasteiger partial charge in [0.05, 0.1) is 6.61 Å². The molecule has 0 radical (unpaired) electrons. The Kier molecular flexibility index (Phi) is 3.59. The molecule has 1 aromatic carbocycles. The van der Waals surface area contributed by atoms with Gasteiger partial charge in [-0.25, -0.2) is 0 Å². The van der Waals surface area contributed by atoms with Gasteiger partial charge in [0.1, 0.15) is 5.75 Å². The third-order valence-corrected chi connectivity index (χ3v) is 2.90. The van der Waals surface area contributed by atoms with E-state index in [-0.39, 0.29) is 18.8 Å². The van der Waals surface area contributed by atoms with Crippen molar-refractivity contribution in [2.45, 2.75) is 31.9 Å². The van der Waals surface area contributed by atoms with Crippen molar-refractivity contribution in [3.05, 3.63) is 29.3 Å². The summed E-state index contributed by atoms with van der Waals surface area (Å²) in [6.45, 7) is 0.0180. The summed E-state index contributed by atoms with van der Waals surface area (Å²) in [6, 6.07) is 5.12. The number of carbonyl (C=O) groups excluding carboxylic acids is 1. The fourth-order valence-corrected chi connectivity index (χ4v) is 2.05. The van der Waals surface area contributed by atoms with Gasteiger partial charge in [-0.2, -0.15) is 13.2 Å². The van der Waals surface area contributed by atoms with Crippen LogP contribution in [-0.2, 0) is 6.42 Å². The fraction of sp³-hybridized carbons (Fsp3) is 0.462. The summed E-state index contributed by atoms with van der Waals surface area (Å²) < 4.78 is 41.2. The van der Waals surface area contributed by atoms with Gasteiger partial charge in [-0.05, 0) is 18.9 Å². The van der Waals surface area contributed by atoms with Crippen LogP contribution >= 0.6 is 0 Å². The van der Waals surface area contributed by atoms with Crippen LogP contribution < -0.4 is 4.74 Å². The molecule has 0 unspecified atom stereocenters. The van der Waals surface area contributed by atoms with Crippen LogP contribution in [-0.4, -0.2) is 18.6 Å². The van der Waals surface area contributed by atoms with E-state index in [0.717, 1.165) is 5.56 Å². The maximum atomic E-state index is 12.0. The lowest BCUT2D eigenvalue weighted by atomic mass is 10.1. The summed E-state index contributed by atoms with van der Waals surface area (Å²) in [6.07, 6.45) is -3.98. The molecule has 1 aromatic rings. The highest BCUT2D eigenvalue weighted by Crippen LogP contribution is 2.30. The highest BCUT2D eigenvalue weighted by atomic mass is 19.4. The highest BCUT2D eigenvalue weighted by Gasteiger charge is 2.26. The lowest BCUT2D eigenvalue weighted by molar-refractivity contribution is -0.136. The van der Waals surface area contributed by atoms with Gasteiger partial charge >= 0.3 is 6.18 Å². The molecule has 18 heavy (non-hydrogen) atoms. The molecule has 1 aliphatic rings. The summed E-state index contributed by atoms with van der Waals surface area (Å²) in [5.74, 6) is 0.617. The quantitative estimate of drug-likeness (QED) is 0.772. The summed E-state index contributed by atoms with van der Waals surface area (Å²) in [5, 5.41) is 0. The smallest absolute Gasteiger partial charge is 0.389 e. The molecule has 0 bridgehead atoms. The van der Waals surface area contributed by atoms with Crippen molar-refractivity contribution >= 4 is 5.78 Å². The number of Topliss-reactive ketones (excluding diaryl/α,β-unsaturated/α-hetero) is 1. The average Bonchev–Trinajstić information content (AvgIpc) is 2.67. The Morgan fingerprint density at radius 2 is 2.00 bits per heavy atom. The second-order valence-electron chi connectivity index (χ2n) is 4.27. The van der Waals surface area contributed by atoms with E-state index < -0.39 is 12.6 Å². The predicted octanol–water partition coefficient (Wildman–Crippen LogP) is 3.54. The fourth-order valence-electron chi connectivity index (χ4n) is 2.05. The van der Waals surface area contributed by atoms with E-state index in [2.05, 4.69) is 0 Å². The zero-order valence-corrected chi connectivity index (χ0v) is 9.72. The van der Waals surface area contributed by atoms with Crippen molar-refractivity contribution in [2.75, 3.05) is 6.61 Å². The number of fused-ring (bicyclic) bond motifs is 1. The number of benzene rings is 1. The van der Waals surface area contributed by atoms with Crippen molar-refractivity contribution in [1.82, 2.24) is 0 Å². The van der Waals surface area contributed by atoms with E-state index in [9.17, 15) is 18.0 Å². The molecule has 0 fully saturated rings. The van der Waals surface area contributed by atoms with Crippen LogP contribution in [0.1, 0.15) is 35.2 Å². The van der Waals surface area contributed by atoms with Gasteiger partial charge in [-0.1, -0.05) is 12.1 Å². The third-order valence-electron chi connectivity index (χ3n) is 2.90. The number of carbonyl (C=O) groups is 1. The van der Waals surface area contributed by atoms with Crippen LogP contribution in [0.5, 0.6) is 5.75 Å². The molecular formula is C13H13F3O2. The molecule has 2 nitrogen and oxygen atoms in total. The van der Waals surface area contributed by atoms with E-state index in [1.54, 1.807) is 18.2 Å². The van der Waals surface area contributed by atoms with Gasteiger partial charge in [0.15, 0.2) is 5.78 Å². The van der Waals surface area contributed by atoms with Crippen molar-refractivity contribution in [3.8, 4) is 5.75 Å². The second kappa shape index (κ2) is 5.00. The normalized spacial score (nSPS) is 14.7. The zero-order chi connectivity index (χ0) is 13.2. The predicted molar refractivity (Wildman–Crippen MR) is 59.9 cm³/mol. The van der Waals surface area contributed by atoms with Gasteiger partial charge in [-0.15, -0.1) is 0 Å². The van der Waals surface area contributed by atoms with E-state index in [1.807, 2.05) is 0 Å². The van der Waals surface area contributed by atoms with Gasteiger partial charge in [0, 0.05) is 24.0 Å². The van der Waals surface area contributed by atoms with Crippen LogP contribution in [0.3, 0.4) is 0 Å². The Hall–Kier alpha value is -1.52. The first kappa shape index (κ1) is 12.9. The Balaban J connectivity index is 1.93. The number of ether oxygens (including phenoxy) is 1. The average molecular weight is 258 g/mol. The van der Waals surface area contributed by atoms with Gasteiger partial charge in [0.25, 0.3) is 0 Å². The van der Waals surface area contributed by atoms with Crippen LogP contribution in [0.4, 0.5) is 13.2 Å². The molecule has 0 aliphatic heterocycles. The lowest BCUT2D eigenvalue weighted by Crippen LogP contribution is -2.10. The van der Waals surface area contributed by atoms with E-state index in [1.165, 1.54) is 0 Å². The van der Waals surface area contributed by atoms with Crippen LogP contribution in [0, 0.1) is 0 Å². The Morgan fingerprint density at radius 3 is 2.72 bits per heavy atom. The molecule has 0 heterocycles. The maximum absolute atomic E-state index is 12.0. The van der Waals surface area contributed by atoms with E-state index in [4.69, 9.17) is 4.74 Å². The van der Waals surface area contributed by atoms with Crippen molar-refractivity contribution in [1.29, 1.82) is 0 Å². The molecule has 0 saturated carbocycles. The van der Waals surface area contributed by atoms with Gasteiger partial charge in [-0.3, -0.25) is 4.79 Å². The Bertz CT molecular complexity index is 452. The van der Waals surface area contributed by atoms with Crippen molar-refractivity contribution in [3.63, 3.8) is 0 Å². The third kappa shape index (κ3) is 3.03. The summed E-state index contributed by atoms with van der Waals surface area (Å²) >= 11 is 0. The number of rotatable bonds is 4. The minimum Gasteiger partial charge on any atom is -0.493 e. The maximum Gasteiger partial charge on any atom is 0.389 e. The summed E-state index contributed by atoms with van der Waals surface area (Å²) in [4.78, 5) is 11.5. The second-order valence-corrected chi connectivity index (χ2v) is 4.27. The SMILES string of the molecule is O=C1CCc2c(OCCCC(F)(F)F)cccc21. The van der Waals surface area contributed by atoms with E-state index >= 15 is 0 Å². The largest absolute Gasteiger partial charge is 0.493 e. The monoisotopic (exact) mass is 258 g/mol. The zero-order valence-electron chi connectivity index (χ0n) is 9.72. The molecule has 98 valence electrons. The molecule has 0 saturated heterocycles. The van der Waals surface area contributed by atoms with Crippen LogP contribution in [0.2, 0.25) is 0 Å². The van der Waals surface area contributed by atoms with Gasteiger partial charge < -0.3 is 4.74 Å². The first-order valence-corrected chi connectivity index (χ1v) is 5.82. The Labute approximate surface area is 103 Å². The number of hydrogen-bond donors (Lipinski definition) is 0. The molecule has 0 amide bonds. The number of ketones is 1. The van der Waals surface area contributed by atoms with E-state index in [0.29, 0.717) is 24.2 Å². The van der Waals surface area contributed by atoms with Crippen LogP contribution in [0.15, 0.2) is 18.2 Å². The van der Waals surface area contributed by atoms with Gasteiger partial charge in [0.2, 0.25) is 0 Å².